The molecule has 0 saturated heterocycles. The maximum absolute atomic E-state index is 10.3. The van der Waals surface area contributed by atoms with E-state index in [4.69, 9.17) is 15.2 Å². The second-order valence-corrected chi connectivity index (χ2v) is 4.07. The van der Waals surface area contributed by atoms with E-state index in [-0.39, 0.29) is 0 Å². The van der Waals surface area contributed by atoms with Crippen molar-refractivity contribution in [3.05, 3.63) is 48.7 Å². The molecule has 8 heteroatoms. The summed E-state index contributed by atoms with van der Waals surface area (Å²) in [5.41, 5.74) is 2.05. The van der Waals surface area contributed by atoms with Crippen molar-refractivity contribution in [2.45, 2.75) is 0 Å². The summed E-state index contributed by atoms with van der Waals surface area (Å²) in [6.07, 6.45) is 0.248. The Balaban J connectivity index is 2.05. The lowest BCUT2D eigenvalue weighted by Gasteiger charge is -2.10. The van der Waals surface area contributed by atoms with Crippen LogP contribution < -0.4 is 10.8 Å². The minimum Gasteiger partial charge on any atom is -0.505 e. The number of amidine groups is 1. The number of aromatic nitrogens is 1. The van der Waals surface area contributed by atoms with Crippen molar-refractivity contribution in [3.63, 3.8) is 0 Å². The number of carboxylic acid groups (broad SMARTS) is 1. The van der Waals surface area contributed by atoms with Crippen LogP contribution in [0.25, 0.3) is 11.3 Å². The van der Waals surface area contributed by atoms with Gasteiger partial charge in [-0.3, -0.25) is 10.4 Å². The molecule has 0 aliphatic carbocycles. The van der Waals surface area contributed by atoms with Gasteiger partial charge in [-0.15, -0.1) is 0 Å². The first-order valence-electron chi connectivity index (χ1n) is 6.01. The third kappa shape index (κ3) is 4.05. The van der Waals surface area contributed by atoms with Crippen molar-refractivity contribution in [1.29, 1.82) is 5.41 Å². The average Bonchev–Trinajstić information content (AvgIpc) is 2.47. The van der Waals surface area contributed by atoms with Crippen LogP contribution in [-0.2, 0) is 4.65 Å². The molecular weight excluding hydrogens is 273 g/mol. The van der Waals surface area contributed by atoms with Crippen molar-refractivity contribution >= 4 is 24.7 Å². The molecule has 7 nitrogen and oxygen atoms in total. The molecule has 1 aromatic carbocycles. The summed E-state index contributed by atoms with van der Waals surface area (Å²) >= 11 is 0. The fourth-order valence-corrected chi connectivity index (χ4v) is 1.66. The maximum atomic E-state index is 10.3. The van der Waals surface area contributed by atoms with E-state index in [0.717, 1.165) is 11.3 Å². The maximum Gasteiger partial charge on any atom is 0.562 e. The third-order valence-electron chi connectivity index (χ3n) is 2.61. The number of benzene rings is 1. The van der Waals surface area contributed by atoms with Gasteiger partial charge in [0.2, 0.25) is 0 Å². The van der Waals surface area contributed by atoms with E-state index in [1.165, 1.54) is 0 Å². The van der Waals surface area contributed by atoms with E-state index in [0.29, 0.717) is 5.46 Å². The van der Waals surface area contributed by atoms with Crippen molar-refractivity contribution < 1.29 is 19.6 Å². The quantitative estimate of drug-likeness (QED) is 0.375. The first-order valence-corrected chi connectivity index (χ1v) is 6.01. The number of carbonyl (C=O) groups is 1. The van der Waals surface area contributed by atoms with Gasteiger partial charge in [0.05, 0.1) is 5.69 Å². The lowest BCUT2D eigenvalue weighted by molar-refractivity contribution is 0.198. The summed E-state index contributed by atoms with van der Waals surface area (Å²) in [5.74, 6) is 0. The highest BCUT2D eigenvalue weighted by Crippen LogP contribution is 2.14. The summed E-state index contributed by atoms with van der Waals surface area (Å²) in [7, 11) is -1.43. The van der Waals surface area contributed by atoms with Crippen LogP contribution in [0.4, 0.5) is 4.79 Å². The SMILES string of the molecule is N=C(NC(=O)O)OB(O)c1ccc(-c2ccccn2)cc1. The molecule has 21 heavy (non-hydrogen) atoms. The topological polar surface area (TPSA) is 116 Å². The van der Waals surface area contributed by atoms with Crippen LogP contribution in [0.15, 0.2) is 48.7 Å². The van der Waals surface area contributed by atoms with Gasteiger partial charge in [0.25, 0.3) is 6.02 Å². The Morgan fingerprint density at radius 2 is 1.95 bits per heavy atom. The van der Waals surface area contributed by atoms with Crippen molar-refractivity contribution in [3.8, 4) is 11.3 Å². The van der Waals surface area contributed by atoms with E-state index < -0.39 is 19.2 Å². The van der Waals surface area contributed by atoms with Gasteiger partial charge >= 0.3 is 13.2 Å². The Morgan fingerprint density at radius 1 is 1.24 bits per heavy atom. The molecule has 2 rings (SSSR count). The molecule has 4 N–H and O–H groups in total. The van der Waals surface area contributed by atoms with Crippen LogP contribution in [0.3, 0.4) is 0 Å². The zero-order valence-corrected chi connectivity index (χ0v) is 10.9. The molecule has 0 aliphatic rings. The van der Waals surface area contributed by atoms with E-state index in [2.05, 4.69) is 4.98 Å². The normalized spacial score (nSPS) is 9.76. The molecule has 2 aromatic rings. The number of hydrogen-bond acceptors (Lipinski definition) is 5. The van der Waals surface area contributed by atoms with Crippen LogP contribution in [0.1, 0.15) is 0 Å². The zero-order chi connectivity index (χ0) is 15.2. The highest BCUT2D eigenvalue weighted by atomic mass is 16.5. The van der Waals surface area contributed by atoms with Crippen LogP contribution in [-0.4, -0.2) is 34.3 Å². The Labute approximate surface area is 120 Å². The minimum atomic E-state index is -1.43. The molecule has 0 unspecified atom stereocenters. The van der Waals surface area contributed by atoms with Crippen molar-refractivity contribution in [2.75, 3.05) is 0 Å². The van der Waals surface area contributed by atoms with Crippen LogP contribution in [0.2, 0.25) is 0 Å². The van der Waals surface area contributed by atoms with E-state index in [1.54, 1.807) is 35.8 Å². The molecule has 0 bridgehead atoms. The van der Waals surface area contributed by atoms with Gasteiger partial charge in [-0.1, -0.05) is 30.3 Å². The molecule has 1 aromatic heterocycles. The number of amides is 1. The first-order chi connectivity index (χ1) is 10.1. The second-order valence-electron chi connectivity index (χ2n) is 4.07. The van der Waals surface area contributed by atoms with Crippen molar-refractivity contribution in [1.82, 2.24) is 10.3 Å². The number of nitrogens with one attached hydrogen (secondary N) is 2. The van der Waals surface area contributed by atoms with Gasteiger partial charge in [-0.25, -0.2) is 10.1 Å². The van der Waals surface area contributed by atoms with E-state index in [1.807, 2.05) is 18.2 Å². The predicted octanol–water partition coefficient (Wildman–Crippen LogP) is 0.655. The van der Waals surface area contributed by atoms with E-state index >= 15 is 0 Å². The van der Waals surface area contributed by atoms with Gasteiger partial charge in [0.1, 0.15) is 0 Å². The molecule has 0 aliphatic heterocycles. The molecule has 106 valence electrons. The Morgan fingerprint density at radius 3 is 2.52 bits per heavy atom. The minimum absolute atomic E-state index is 0.395. The van der Waals surface area contributed by atoms with Gasteiger partial charge in [-0.2, -0.15) is 0 Å². The Hall–Kier alpha value is -2.87. The molecular formula is C13H12BN3O4. The molecule has 0 spiro atoms. The fraction of sp³-hybridized carbons (Fsp3) is 0. The van der Waals surface area contributed by atoms with Gasteiger partial charge in [0, 0.05) is 11.8 Å². The summed E-state index contributed by atoms with van der Waals surface area (Å²) < 4.78 is 4.72. The fourth-order valence-electron chi connectivity index (χ4n) is 1.66. The van der Waals surface area contributed by atoms with Crippen LogP contribution in [0.5, 0.6) is 0 Å². The number of hydrogen-bond donors (Lipinski definition) is 4. The largest absolute Gasteiger partial charge is 0.562 e. The van der Waals surface area contributed by atoms with Gasteiger partial charge < -0.3 is 14.8 Å². The van der Waals surface area contributed by atoms with Crippen LogP contribution in [0, 0.1) is 5.41 Å². The number of nitrogens with zero attached hydrogens (tertiary/aromatic N) is 1. The third-order valence-corrected chi connectivity index (χ3v) is 2.61. The zero-order valence-electron chi connectivity index (χ0n) is 10.9. The van der Waals surface area contributed by atoms with Gasteiger partial charge in [0.15, 0.2) is 0 Å². The Kier molecular flexibility index (Phi) is 4.52. The summed E-state index contributed by atoms with van der Waals surface area (Å²) in [6.45, 7) is 0. The molecule has 0 atom stereocenters. The smallest absolute Gasteiger partial charge is 0.505 e. The highest BCUT2D eigenvalue weighted by molar-refractivity contribution is 6.61. The molecule has 0 radical (unpaired) electrons. The van der Waals surface area contributed by atoms with E-state index in [9.17, 15) is 9.82 Å². The first kappa shape index (κ1) is 14.5. The second kappa shape index (κ2) is 6.53. The average molecular weight is 285 g/mol. The molecule has 0 saturated carbocycles. The van der Waals surface area contributed by atoms with Crippen molar-refractivity contribution in [2.24, 2.45) is 0 Å². The Bertz CT molecular complexity index is 634. The molecule has 1 heterocycles. The summed E-state index contributed by atoms with van der Waals surface area (Å²) in [6, 6.07) is 11.5. The number of pyridine rings is 1. The molecule has 1 amide bonds. The monoisotopic (exact) mass is 285 g/mol. The molecule has 0 fully saturated rings. The summed E-state index contributed by atoms with van der Waals surface area (Å²) in [4.78, 5) is 14.5. The number of rotatable bonds is 3. The van der Waals surface area contributed by atoms with Crippen LogP contribution >= 0.6 is 0 Å². The standard InChI is InChI=1S/C13H12BN3O4/c15-12(17-13(18)19)21-14(20)10-6-4-9(5-7-10)11-3-1-2-8-16-11/h1-8,20H,(H2,15,17)(H,18,19). The highest BCUT2D eigenvalue weighted by Gasteiger charge is 2.20. The summed E-state index contributed by atoms with van der Waals surface area (Å²) in [5, 5.41) is 27.0. The van der Waals surface area contributed by atoms with Gasteiger partial charge in [-0.05, 0) is 17.6 Å². The predicted molar refractivity (Wildman–Crippen MR) is 77.3 cm³/mol. The lowest BCUT2D eigenvalue weighted by atomic mass is 9.79. The lowest BCUT2D eigenvalue weighted by Crippen LogP contribution is -2.41.